The van der Waals surface area contributed by atoms with Gasteiger partial charge in [0.2, 0.25) is 5.91 Å². The van der Waals surface area contributed by atoms with E-state index in [2.05, 4.69) is 5.32 Å². The summed E-state index contributed by atoms with van der Waals surface area (Å²) < 4.78 is 1.90. The number of ketones is 1. The van der Waals surface area contributed by atoms with Gasteiger partial charge >= 0.3 is 0 Å². The van der Waals surface area contributed by atoms with Crippen LogP contribution in [0, 0.1) is 17.2 Å². The SMILES string of the molecule is CCCCNC(=O)C(C#N)C(=O)c1cccc2c1ccn2C. The van der Waals surface area contributed by atoms with Crippen LogP contribution in [0.15, 0.2) is 30.5 Å². The van der Waals surface area contributed by atoms with Crippen LogP contribution in [0.1, 0.15) is 30.1 Å². The Bertz CT molecular complexity index is 740. The normalized spacial score (nSPS) is 11.9. The number of carbonyl (C=O) groups excluding carboxylic acids is 2. The van der Waals surface area contributed by atoms with Crippen LogP contribution < -0.4 is 5.32 Å². The summed E-state index contributed by atoms with van der Waals surface area (Å²) in [5.41, 5.74) is 1.31. The highest BCUT2D eigenvalue weighted by Crippen LogP contribution is 2.22. The van der Waals surface area contributed by atoms with E-state index in [4.69, 9.17) is 0 Å². The number of aromatic nitrogens is 1. The first-order chi connectivity index (χ1) is 10.6. The van der Waals surface area contributed by atoms with E-state index in [0.717, 1.165) is 23.7 Å². The van der Waals surface area contributed by atoms with Gasteiger partial charge in [0, 0.05) is 36.3 Å². The van der Waals surface area contributed by atoms with Gasteiger partial charge in [-0.3, -0.25) is 9.59 Å². The van der Waals surface area contributed by atoms with Crippen molar-refractivity contribution in [3.8, 4) is 6.07 Å². The van der Waals surface area contributed by atoms with Crippen LogP contribution in [0.5, 0.6) is 0 Å². The molecule has 1 heterocycles. The third kappa shape index (κ3) is 3.01. The van der Waals surface area contributed by atoms with Crippen molar-refractivity contribution < 1.29 is 9.59 Å². The van der Waals surface area contributed by atoms with Gasteiger partial charge in [0.15, 0.2) is 11.7 Å². The van der Waals surface area contributed by atoms with E-state index in [1.54, 1.807) is 12.1 Å². The second kappa shape index (κ2) is 6.90. The predicted molar refractivity (Wildman–Crippen MR) is 84.3 cm³/mol. The molecule has 5 heteroatoms. The molecule has 2 aromatic rings. The molecule has 0 aliphatic carbocycles. The van der Waals surface area contributed by atoms with Crippen molar-refractivity contribution in [2.24, 2.45) is 13.0 Å². The molecule has 0 radical (unpaired) electrons. The standard InChI is InChI=1S/C17H19N3O2/c1-3-4-9-19-17(22)14(11-18)16(21)13-6-5-7-15-12(13)8-10-20(15)2/h5-8,10,14H,3-4,9H2,1-2H3,(H,19,22). The molecule has 0 saturated heterocycles. The first kappa shape index (κ1) is 15.8. The van der Waals surface area contributed by atoms with Gasteiger partial charge in [0.25, 0.3) is 0 Å². The Kier molecular flexibility index (Phi) is 4.95. The van der Waals surface area contributed by atoms with Gasteiger partial charge < -0.3 is 9.88 Å². The highest BCUT2D eigenvalue weighted by Gasteiger charge is 2.28. The molecule has 1 aromatic carbocycles. The smallest absolute Gasteiger partial charge is 0.245 e. The lowest BCUT2D eigenvalue weighted by Crippen LogP contribution is -2.35. The zero-order valence-electron chi connectivity index (χ0n) is 12.8. The number of nitrogens with one attached hydrogen (secondary N) is 1. The fourth-order valence-electron chi connectivity index (χ4n) is 2.40. The molecule has 0 spiro atoms. The van der Waals surface area contributed by atoms with Crippen LogP contribution in [-0.2, 0) is 11.8 Å². The third-order valence-electron chi connectivity index (χ3n) is 3.68. The Morgan fingerprint density at radius 3 is 2.82 bits per heavy atom. The predicted octanol–water partition coefficient (Wildman–Crippen LogP) is 2.42. The summed E-state index contributed by atoms with van der Waals surface area (Å²) in [5, 5.41) is 12.6. The molecule has 0 bridgehead atoms. The Morgan fingerprint density at radius 1 is 1.36 bits per heavy atom. The molecule has 22 heavy (non-hydrogen) atoms. The summed E-state index contributed by atoms with van der Waals surface area (Å²) in [5.74, 6) is -2.27. The number of Topliss-reactive ketones (excluding diaryl/α,β-unsaturated/α-hetero) is 1. The highest BCUT2D eigenvalue weighted by atomic mass is 16.2. The fraction of sp³-hybridized carbons (Fsp3) is 0.353. The molecule has 1 aromatic heterocycles. The van der Waals surface area contributed by atoms with Crippen molar-refractivity contribution in [3.63, 3.8) is 0 Å². The second-order valence-corrected chi connectivity index (χ2v) is 5.24. The Labute approximate surface area is 129 Å². The summed E-state index contributed by atoms with van der Waals surface area (Å²) in [6.07, 6.45) is 3.62. The zero-order valence-corrected chi connectivity index (χ0v) is 12.8. The molecular formula is C17H19N3O2. The number of unbranched alkanes of at least 4 members (excludes halogenated alkanes) is 1. The Balaban J connectivity index is 2.28. The van der Waals surface area contributed by atoms with E-state index >= 15 is 0 Å². The lowest BCUT2D eigenvalue weighted by atomic mass is 9.95. The second-order valence-electron chi connectivity index (χ2n) is 5.24. The molecule has 1 N–H and O–H groups in total. The van der Waals surface area contributed by atoms with Crippen molar-refractivity contribution in [1.82, 2.24) is 9.88 Å². The monoisotopic (exact) mass is 297 g/mol. The number of fused-ring (bicyclic) bond motifs is 1. The number of nitrogens with zero attached hydrogens (tertiary/aromatic N) is 2. The molecule has 0 aliphatic heterocycles. The average molecular weight is 297 g/mol. The molecule has 114 valence electrons. The Hall–Kier alpha value is -2.61. The number of hydrogen-bond donors (Lipinski definition) is 1. The molecule has 5 nitrogen and oxygen atoms in total. The van der Waals surface area contributed by atoms with Gasteiger partial charge in [0.05, 0.1) is 6.07 Å². The molecule has 1 unspecified atom stereocenters. The largest absolute Gasteiger partial charge is 0.355 e. The van der Waals surface area contributed by atoms with Gasteiger partial charge in [0.1, 0.15) is 0 Å². The minimum atomic E-state index is -1.30. The van der Waals surface area contributed by atoms with Crippen molar-refractivity contribution in [2.45, 2.75) is 19.8 Å². The van der Waals surface area contributed by atoms with Gasteiger partial charge in [-0.1, -0.05) is 25.5 Å². The first-order valence-corrected chi connectivity index (χ1v) is 7.35. The summed E-state index contributed by atoms with van der Waals surface area (Å²) in [7, 11) is 1.88. The maximum Gasteiger partial charge on any atom is 0.245 e. The summed E-state index contributed by atoms with van der Waals surface area (Å²) in [6, 6.07) is 8.98. The summed E-state index contributed by atoms with van der Waals surface area (Å²) in [6.45, 7) is 2.49. The quantitative estimate of drug-likeness (QED) is 0.505. The lowest BCUT2D eigenvalue weighted by Gasteiger charge is -2.10. The van der Waals surface area contributed by atoms with E-state index in [-0.39, 0.29) is 0 Å². The average Bonchev–Trinajstić information content (AvgIpc) is 2.90. The first-order valence-electron chi connectivity index (χ1n) is 7.35. The van der Waals surface area contributed by atoms with Gasteiger partial charge in [-0.25, -0.2) is 0 Å². The number of aryl methyl sites for hydroxylation is 1. The van der Waals surface area contributed by atoms with E-state index < -0.39 is 17.6 Å². The summed E-state index contributed by atoms with van der Waals surface area (Å²) >= 11 is 0. The number of rotatable bonds is 6. The van der Waals surface area contributed by atoms with Crippen LogP contribution >= 0.6 is 0 Å². The maximum absolute atomic E-state index is 12.6. The van der Waals surface area contributed by atoms with Crippen molar-refractivity contribution >= 4 is 22.6 Å². The minimum absolute atomic E-state index is 0.412. The van der Waals surface area contributed by atoms with E-state index in [0.29, 0.717) is 12.1 Å². The number of amides is 1. The number of benzene rings is 1. The minimum Gasteiger partial charge on any atom is -0.355 e. The molecular weight excluding hydrogens is 278 g/mol. The van der Waals surface area contributed by atoms with Crippen LogP contribution in [0.2, 0.25) is 0 Å². The highest BCUT2D eigenvalue weighted by molar-refractivity contribution is 6.17. The number of carbonyl (C=O) groups is 2. The van der Waals surface area contributed by atoms with Crippen LogP contribution in [0.4, 0.5) is 0 Å². The van der Waals surface area contributed by atoms with Gasteiger partial charge in [-0.15, -0.1) is 0 Å². The molecule has 0 saturated carbocycles. The Morgan fingerprint density at radius 2 is 2.14 bits per heavy atom. The zero-order chi connectivity index (χ0) is 16.1. The molecule has 2 rings (SSSR count). The molecule has 1 atom stereocenters. The van der Waals surface area contributed by atoms with E-state index in [9.17, 15) is 14.9 Å². The van der Waals surface area contributed by atoms with Crippen LogP contribution in [0.25, 0.3) is 10.9 Å². The molecule has 0 aliphatic rings. The number of nitriles is 1. The van der Waals surface area contributed by atoms with E-state index in [1.807, 2.05) is 42.9 Å². The van der Waals surface area contributed by atoms with Crippen LogP contribution in [-0.4, -0.2) is 22.8 Å². The summed E-state index contributed by atoms with van der Waals surface area (Å²) in [4.78, 5) is 24.6. The maximum atomic E-state index is 12.6. The number of hydrogen-bond acceptors (Lipinski definition) is 3. The molecule has 0 fully saturated rings. The van der Waals surface area contributed by atoms with Crippen LogP contribution in [0.3, 0.4) is 0 Å². The van der Waals surface area contributed by atoms with E-state index in [1.165, 1.54) is 0 Å². The van der Waals surface area contributed by atoms with Gasteiger partial charge in [-0.2, -0.15) is 5.26 Å². The topological polar surface area (TPSA) is 74.9 Å². The van der Waals surface area contributed by atoms with Crippen molar-refractivity contribution in [3.05, 3.63) is 36.0 Å². The van der Waals surface area contributed by atoms with Gasteiger partial charge in [-0.05, 0) is 18.6 Å². The third-order valence-corrected chi connectivity index (χ3v) is 3.68. The lowest BCUT2D eigenvalue weighted by molar-refractivity contribution is -0.122. The van der Waals surface area contributed by atoms with Crippen molar-refractivity contribution in [2.75, 3.05) is 6.54 Å². The fourth-order valence-corrected chi connectivity index (χ4v) is 2.40. The molecule has 1 amide bonds. The van der Waals surface area contributed by atoms with Crippen molar-refractivity contribution in [1.29, 1.82) is 5.26 Å².